The number of carboxylic acid groups (broad SMARTS) is 1. The molecule has 2 N–H and O–H groups in total. The highest BCUT2D eigenvalue weighted by molar-refractivity contribution is 6.06. The monoisotopic (exact) mass is 244 g/mol. The Balaban J connectivity index is 2.25. The van der Waals surface area contributed by atoms with E-state index in [-0.39, 0.29) is 16.9 Å². The Labute approximate surface area is 102 Å². The SMILES string of the molecule is O=C(Nc1cnccc1C(=O)O)c1cnccn1. The number of aromatic carboxylic acids is 1. The molecule has 2 heterocycles. The van der Waals surface area contributed by atoms with E-state index in [0.717, 1.165) is 0 Å². The zero-order valence-electron chi connectivity index (χ0n) is 9.07. The van der Waals surface area contributed by atoms with Crippen molar-refractivity contribution in [3.8, 4) is 0 Å². The van der Waals surface area contributed by atoms with E-state index in [1.54, 1.807) is 0 Å². The minimum Gasteiger partial charge on any atom is -0.478 e. The molecule has 0 fully saturated rings. The molecule has 0 saturated carbocycles. The molecular weight excluding hydrogens is 236 g/mol. The van der Waals surface area contributed by atoms with Gasteiger partial charge >= 0.3 is 5.97 Å². The molecule has 0 radical (unpaired) electrons. The molecule has 0 atom stereocenters. The van der Waals surface area contributed by atoms with Gasteiger partial charge in [-0.3, -0.25) is 14.8 Å². The fourth-order valence-electron chi connectivity index (χ4n) is 1.28. The van der Waals surface area contributed by atoms with Crippen LogP contribution in [0, 0.1) is 0 Å². The van der Waals surface area contributed by atoms with Crippen molar-refractivity contribution >= 4 is 17.6 Å². The standard InChI is InChI=1S/C11H8N4O3/c16-10(9-6-13-3-4-14-9)15-8-5-12-2-1-7(8)11(17)18/h1-6H,(H,15,16)(H,17,18). The number of hydrogen-bond acceptors (Lipinski definition) is 5. The zero-order valence-corrected chi connectivity index (χ0v) is 9.07. The predicted octanol–water partition coefficient (Wildman–Crippen LogP) is 0.822. The molecule has 7 heteroatoms. The molecule has 0 bridgehead atoms. The number of hydrogen-bond donors (Lipinski definition) is 2. The first-order valence-corrected chi connectivity index (χ1v) is 4.93. The highest BCUT2D eigenvalue weighted by atomic mass is 16.4. The second-order valence-electron chi connectivity index (χ2n) is 3.27. The first kappa shape index (κ1) is 11.6. The molecular formula is C11H8N4O3. The molecule has 1 amide bonds. The third-order valence-electron chi connectivity index (χ3n) is 2.10. The Morgan fingerprint density at radius 3 is 2.56 bits per heavy atom. The number of nitrogens with zero attached hydrogens (tertiary/aromatic N) is 3. The van der Waals surface area contributed by atoms with Crippen LogP contribution >= 0.6 is 0 Å². The Bertz CT molecular complexity index is 586. The minimum atomic E-state index is -1.15. The maximum absolute atomic E-state index is 11.8. The van der Waals surface area contributed by atoms with E-state index < -0.39 is 11.9 Å². The van der Waals surface area contributed by atoms with Crippen LogP contribution in [0.3, 0.4) is 0 Å². The maximum Gasteiger partial charge on any atom is 0.337 e. The summed E-state index contributed by atoms with van der Waals surface area (Å²) in [7, 11) is 0. The topological polar surface area (TPSA) is 105 Å². The summed E-state index contributed by atoms with van der Waals surface area (Å²) < 4.78 is 0. The van der Waals surface area contributed by atoms with E-state index in [9.17, 15) is 9.59 Å². The summed E-state index contributed by atoms with van der Waals surface area (Å²) in [5.74, 6) is -1.69. The van der Waals surface area contributed by atoms with Crippen LogP contribution in [-0.4, -0.2) is 31.9 Å². The van der Waals surface area contributed by atoms with Crippen LogP contribution in [0.4, 0.5) is 5.69 Å². The van der Waals surface area contributed by atoms with E-state index in [0.29, 0.717) is 0 Å². The van der Waals surface area contributed by atoms with Gasteiger partial charge in [0.05, 0.1) is 23.6 Å². The van der Waals surface area contributed by atoms with Crippen LogP contribution in [0.15, 0.2) is 37.1 Å². The van der Waals surface area contributed by atoms with E-state index in [1.165, 1.54) is 37.1 Å². The van der Waals surface area contributed by atoms with Gasteiger partial charge in [0.25, 0.3) is 5.91 Å². The van der Waals surface area contributed by atoms with Gasteiger partial charge in [0.2, 0.25) is 0 Å². The van der Waals surface area contributed by atoms with E-state index in [4.69, 9.17) is 5.11 Å². The van der Waals surface area contributed by atoms with Crippen molar-refractivity contribution in [1.29, 1.82) is 0 Å². The number of rotatable bonds is 3. The number of aromatic nitrogens is 3. The second kappa shape index (κ2) is 5.00. The Hall–Kier alpha value is -2.83. The van der Waals surface area contributed by atoms with Gasteiger partial charge < -0.3 is 10.4 Å². The molecule has 0 saturated heterocycles. The molecule has 0 aliphatic rings. The van der Waals surface area contributed by atoms with Gasteiger partial charge in [0.1, 0.15) is 5.69 Å². The molecule has 0 aliphatic carbocycles. The minimum absolute atomic E-state index is 0.0396. The molecule has 0 spiro atoms. The third kappa shape index (κ3) is 2.46. The number of anilines is 1. The Morgan fingerprint density at radius 1 is 1.11 bits per heavy atom. The third-order valence-corrected chi connectivity index (χ3v) is 2.10. The van der Waals surface area contributed by atoms with Crippen LogP contribution < -0.4 is 5.32 Å². The van der Waals surface area contributed by atoms with Gasteiger partial charge in [0, 0.05) is 18.6 Å². The smallest absolute Gasteiger partial charge is 0.337 e. The van der Waals surface area contributed by atoms with Crippen molar-refractivity contribution in [3.63, 3.8) is 0 Å². The summed E-state index contributed by atoms with van der Waals surface area (Å²) in [5.41, 5.74) is 0.167. The molecule has 0 unspecified atom stereocenters. The number of nitrogens with one attached hydrogen (secondary N) is 1. The van der Waals surface area contributed by atoms with Gasteiger partial charge in [-0.25, -0.2) is 9.78 Å². The second-order valence-corrected chi connectivity index (χ2v) is 3.27. The quantitative estimate of drug-likeness (QED) is 0.828. The number of amides is 1. The van der Waals surface area contributed by atoms with E-state index >= 15 is 0 Å². The average molecular weight is 244 g/mol. The molecule has 2 aromatic heterocycles. The fourth-order valence-corrected chi connectivity index (χ4v) is 1.28. The fraction of sp³-hybridized carbons (Fsp3) is 0. The summed E-state index contributed by atoms with van der Waals surface area (Å²) in [5, 5.41) is 11.4. The molecule has 0 aromatic carbocycles. The molecule has 90 valence electrons. The van der Waals surface area contributed by atoms with Crippen molar-refractivity contribution < 1.29 is 14.7 Å². The van der Waals surface area contributed by atoms with E-state index in [2.05, 4.69) is 20.3 Å². The lowest BCUT2D eigenvalue weighted by Crippen LogP contribution is -2.16. The lowest BCUT2D eigenvalue weighted by atomic mass is 10.2. The summed E-state index contributed by atoms with van der Waals surface area (Å²) in [6.07, 6.45) is 6.69. The lowest BCUT2D eigenvalue weighted by Gasteiger charge is -2.06. The first-order chi connectivity index (χ1) is 8.68. The lowest BCUT2D eigenvalue weighted by molar-refractivity contribution is 0.0698. The molecule has 18 heavy (non-hydrogen) atoms. The number of carboxylic acids is 1. The maximum atomic E-state index is 11.8. The number of carbonyl (C=O) groups excluding carboxylic acids is 1. The normalized spacial score (nSPS) is 9.78. The van der Waals surface area contributed by atoms with Crippen molar-refractivity contribution in [3.05, 3.63) is 48.3 Å². The van der Waals surface area contributed by atoms with Gasteiger partial charge in [-0.1, -0.05) is 0 Å². The number of pyridine rings is 1. The average Bonchev–Trinajstić information content (AvgIpc) is 2.40. The van der Waals surface area contributed by atoms with Crippen molar-refractivity contribution in [2.45, 2.75) is 0 Å². The summed E-state index contributed by atoms with van der Waals surface area (Å²) in [6, 6.07) is 1.30. The summed E-state index contributed by atoms with van der Waals surface area (Å²) >= 11 is 0. The van der Waals surface area contributed by atoms with Crippen LogP contribution in [0.5, 0.6) is 0 Å². The summed E-state index contributed by atoms with van der Waals surface area (Å²) in [4.78, 5) is 34.0. The highest BCUT2D eigenvalue weighted by Gasteiger charge is 2.14. The largest absolute Gasteiger partial charge is 0.478 e. The summed E-state index contributed by atoms with van der Waals surface area (Å²) in [6.45, 7) is 0. The number of carbonyl (C=O) groups is 2. The molecule has 2 rings (SSSR count). The zero-order chi connectivity index (χ0) is 13.0. The van der Waals surface area contributed by atoms with Crippen LogP contribution in [0.1, 0.15) is 20.8 Å². The van der Waals surface area contributed by atoms with Crippen molar-refractivity contribution in [2.75, 3.05) is 5.32 Å². The molecule has 2 aromatic rings. The first-order valence-electron chi connectivity index (χ1n) is 4.93. The molecule has 0 aliphatic heterocycles. The van der Waals surface area contributed by atoms with Crippen molar-refractivity contribution in [2.24, 2.45) is 0 Å². The van der Waals surface area contributed by atoms with Crippen LogP contribution in [0.25, 0.3) is 0 Å². The van der Waals surface area contributed by atoms with E-state index in [1.807, 2.05) is 0 Å². The van der Waals surface area contributed by atoms with Crippen LogP contribution in [0.2, 0.25) is 0 Å². The van der Waals surface area contributed by atoms with Crippen molar-refractivity contribution in [1.82, 2.24) is 15.0 Å². The van der Waals surface area contributed by atoms with Gasteiger partial charge in [0.15, 0.2) is 0 Å². The Morgan fingerprint density at radius 2 is 1.89 bits per heavy atom. The van der Waals surface area contributed by atoms with Crippen LogP contribution in [-0.2, 0) is 0 Å². The highest BCUT2D eigenvalue weighted by Crippen LogP contribution is 2.13. The van der Waals surface area contributed by atoms with Gasteiger partial charge in [-0.2, -0.15) is 0 Å². The van der Waals surface area contributed by atoms with Gasteiger partial charge in [-0.15, -0.1) is 0 Å². The molecule has 7 nitrogen and oxygen atoms in total. The predicted molar refractivity (Wildman–Crippen MR) is 61.2 cm³/mol. The Kier molecular flexibility index (Phi) is 3.24. The van der Waals surface area contributed by atoms with Gasteiger partial charge in [-0.05, 0) is 6.07 Å².